The SMILES string of the molecule is CC[C@@H]1NC(=O)[C@H]([C@H](O)/C(C)=C\CCCN=[N+]=[N-])N(C)C(=O)[C@H](C(C)C)N(C)C(=O)[C@H](CC(C)C)N(C)C(=O)[C@H](CC(C)C)N(C)C(=O)[C@@H](C)NC(=O)[C@H](C)NC(=O)[C@H](CC(C)C)N(C)C(=O)[C@H](C(C)C)NC(=O)[C@H](CC(C)C)N(C)C(=O)CN(C)C1=O. The average molecular weight is 1240 g/mol. The summed E-state index contributed by atoms with van der Waals surface area (Å²) in [6.07, 6.45) is 1.18. The van der Waals surface area contributed by atoms with Crippen molar-refractivity contribution in [3.8, 4) is 0 Å². The Kier molecular flexibility index (Phi) is 32.9. The van der Waals surface area contributed by atoms with Gasteiger partial charge in [-0.15, -0.1) is 0 Å². The monoisotopic (exact) mass is 1240 g/mol. The Morgan fingerprint density at radius 1 is 0.534 bits per heavy atom. The Bertz CT molecular complexity index is 2500. The molecule has 0 aromatic carbocycles. The molecule has 1 heterocycles. The molecule has 26 nitrogen and oxygen atoms in total. The first-order valence-electron chi connectivity index (χ1n) is 31.1. The summed E-state index contributed by atoms with van der Waals surface area (Å²) in [5, 5.41) is 26.6. The Balaban J connectivity index is 4.36. The summed E-state index contributed by atoms with van der Waals surface area (Å²) in [6.45, 7) is 27.3. The minimum absolute atomic E-state index is 0.0187. The summed E-state index contributed by atoms with van der Waals surface area (Å²) in [6, 6.07) is -12.7. The fraction of sp³-hybridized carbons (Fsp3) is 0.790. The molecule has 0 spiro atoms. The van der Waals surface area contributed by atoms with Crippen LogP contribution < -0.4 is 21.3 Å². The van der Waals surface area contributed by atoms with Crippen LogP contribution in [-0.4, -0.2) is 233 Å². The number of aliphatic hydroxyl groups is 1. The molecule has 11 atom stereocenters. The van der Waals surface area contributed by atoms with Crippen molar-refractivity contribution < 1.29 is 57.8 Å². The van der Waals surface area contributed by atoms with E-state index < -0.39 is 150 Å². The molecule has 5 N–H and O–H groups in total. The average Bonchev–Trinajstić information content (AvgIpc) is 3.66. The number of azide groups is 1. The molecule has 0 aliphatic carbocycles. The second-order valence-electron chi connectivity index (χ2n) is 26.3. The van der Waals surface area contributed by atoms with E-state index in [2.05, 4.69) is 31.3 Å². The predicted octanol–water partition coefficient (Wildman–Crippen LogP) is 3.70. The molecule has 1 fully saturated rings. The minimum Gasteiger partial charge on any atom is -0.386 e. The molecule has 0 aromatic heterocycles. The number of nitrogens with one attached hydrogen (secondary N) is 4. The molecule has 500 valence electrons. The molecule has 1 saturated heterocycles. The zero-order chi connectivity index (χ0) is 68.1. The quantitative estimate of drug-likeness (QED) is 0.0458. The number of rotatable bonds is 17. The van der Waals surface area contributed by atoms with Crippen molar-refractivity contribution in [2.45, 2.75) is 222 Å². The van der Waals surface area contributed by atoms with Crippen molar-refractivity contribution >= 4 is 65.0 Å². The molecule has 1 rings (SSSR count). The second-order valence-corrected chi connectivity index (χ2v) is 26.3. The van der Waals surface area contributed by atoms with Gasteiger partial charge in [-0.1, -0.05) is 101 Å². The molecule has 26 heteroatoms. The van der Waals surface area contributed by atoms with Gasteiger partial charge in [0.1, 0.15) is 66.5 Å². The first-order chi connectivity index (χ1) is 40.7. The smallest absolute Gasteiger partial charge is 0.246 e. The molecule has 0 bridgehead atoms. The maximum atomic E-state index is 15.2. The summed E-state index contributed by atoms with van der Waals surface area (Å²) in [7, 11) is 9.76. The van der Waals surface area contributed by atoms with Crippen molar-refractivity contribution in [3.63, 3.8) is 0 Å². The zero-order valence-corrected chi connectivity index (χ0v) is 57.2. The van der Waals surface area contributed by atoms with Gasteiger partial charge in [0.05, 0.1) is 6.54 Å². The van der Waals surface area contributed by atoms with E-state index in [0.29, 0.717) is 12.8 Å². The van der Waals surface area contributed by atoms with E-state index in [1.165, 1.54) is 87.7 Å². The number of allylic oxidation sites excluding steroid dienone is 1. The number of hydrogen-bond acceptors (Lipinski definition) is 13. The summed E-state index contributed by atoms with van der Waals surface area (Å²) in [5.74, 6) is -9.55. The maximum Gasteiger partial charge on any atom is 0.246 e. The van der Waals surface area contributed by atoms with E-state index in [1.54, 1.807) is 47.6 Å². The van der Waals surface area contributed by atoms with Gasteiger partial charge < -0.3 is 60.7 Å². The van der Waals surface area contributed by atoms with Gasteiger partial charge in [0, 0.05) is 60.8 Å². The number of nitrogens with zero attached hydrogens (tertiary/aromatic N) is 10. The number of carbonyl (C=O) groups is 11. The largest absolute Gasteiger partial charge is 0.386 e. The molecular formula is C62H110N14O12. The zero-order valence-electron chi connectivity index (χ0n) is 57.2. The van der Waals surface area contributed by atoms with Crippen LogP contribution in [-0.2, 0) is 52.7 Å². The van der Waals surface area contributed by atoms with Gasteiger partial charge in [0.2, 0.25) is 65.0 Å². The van der Waals surface area contributed by atoms with Crippen LogP contribution in [0.15, 0.2) is 16.8 Å². The van der Waals surface area contributed by atoms with Gasteiger partial charge in [-0.25, -0.2) is 0 Å². The summed E-state index contributed by atoms with van der Waals surface area (Å²) < 4.78 is 0. The summed E-state index contributed by atoms with van der Waals surface area (Å²) >= 11 is 0. The third kappa shape index (κ3) is 22.6. The first-order valence-corrected chi connectivity index (χ1v) is 31.1. The number of carbonyl (C=O) groups excluding carboxylic acids is 11. The lowest BCUT2D eigenvalue weighted by molar-refractivity contribution is -0.156. The highest BCUT2D eigenvalue weighted by molar-refractivity contribution is 5.99. The molecular weight excluding hydrogens is 1130 g/mol. The number of hydrogen-bond donors (Lipinski definition) is 5. The van der Waals surface area contributed by atoms with E-state index in [4.69, 9.17) is 5.53 Å². The highest BCUT2D eigenvalue weighted by Gasteiger charge is 2.45. The van der Waals surface area contributed by atoms with Gasteiger partial charge in [-0.3, -0.25) is 52.7 Å². The van der Waals surface area contributed by atoms with E-state index in [0.717, 1.165) is 9.80 Å². The van der Waals surface area contributed by atoms with Gasteiger partial charge in [0.15, 0.2) is 0 Å². The summed E-state index contributed by atoms with van der Waals surface area (Å²) in [4.78, 5) is 172. The van der Waals surface area contributed by atoms with Crippen molar-refractivity contribution in [1.29, 1.82) is 0 Å². The fourth-order valence-electron chi connectivity index (χ4n) is 10.8. The van der Waals surface area contributed by atoms with Crippen molar-refractivity contribution in [2.24, 2.45) is 40.6 Å². The molecule has 1 aliphatic rings. The molecule has 11 amide bonds. The molecule has 0 saturated carbocycles. The van der Waals surface area contributed by atoms with Gasteiger partial charge in [-0.2, -0.15) is 0 Å². The lowest BCUT2D eigenvalue weighted by Gasteiger charge is -2.41. The van der Waals surface area contributed by atoms with Crippen LogP contribution >= 0.6 is 0 Å². The van der Waals surface area contributed by atoms with Crippen LogP contribution in [0.3, 0.4) is 0 Å². The number of aliphatic hydroxyl groups excluding tert-OH is 1. The maximum absolute atomic E-state index is 15.2. The second kappa shape index (κ2) is 36.6. The van der Waals surface area contributed by atoms with Gasteiger partial charge in [0.25, 0.3) is 0 Å². The third-order valence-electron chi connectivity index (χ3n) is 16.2. The molecule has 1 aliphatic heterocycles. The molecule has 0 aromatic rings. The highest BCUT2D eigenvalue weighted by atomic mass is 16.3. The Hall–Kier alpha value is -6.82. The summed E-state index contributed by atoms with van der Waals surface area (Å²) in [5.41, 5.74) is 9.07. The Labute approximate surface area is 524 Å². The van der Waals surface area contributed by atoms with Crippen LogP contribution in [0.1, 0.15) is 156 Å². The molecule has 0 unspecified atom stereocenters. The van der Waals surface area contributed by atoms with E-state index in [1.807, 2.05) is 55.4 Å². The van der Waals surface area contributed by atoms with Gasteiger partial charge in [-0.05, 0) is 112 Å². The van der Waals surface area contributed by atoms with Crippen LogP contribution in [0.2, 0.25) is 0 Å². The molecule has 0 radical (unpaired) electrons. The van der Waals surface area contributed by atoms with Crippen molar-refractivity contribution in [1.82, 2.24) is 55.6 Å². The number of unbranched alkanes of at least 4 members (excludes halogenated alkanes) is 1. The Morgan fingerprint density at radius 3 is 1.43 bits per heavy atom. The fourth-order valence-corrected chi connectivity index (χ4v) is 10.8. The van der Waals surface area contributed by atoms with E-state index in [-0.39, 0.29) is 67.9 Å². The van der Waals surface area contributed by atoms with E-state index in [9.17, 15) is 48.3 Å². The predicted molar refractivity (Wildman–Crippen MR) is 337 cm³/mol. The highest BCUT2D eigenvalue weighted by Crippen LogP contribution is 2.25. The Morgan fingerprint density at radius 2 is 0.966 bits per heavy atom. The number of likely N-dealkylation sites (N-methyl/N-ethyl adjacent to an activating group) is 7. The third-order valence-corrected chi connectivity index (χ3v) is 16.2. The lowest BCUT2D eigenvalue weighted by atomic mass is 9.94. The van der Waals surface area contributed by atoms with E-state index >= 15 is 9.59 Å². The van der Waals surface area contributed by atoms with Crippen molar-refractivity contribution in [3.05, 3.63) is 22.1 Å². The van der Waals surface area contributed by atoms with Crippen molar-refractivity contribution in [2.75, 3.05) is 62.4 Å². The van der Waals surface area contributed by atoms with Crippen LogP contribution in [0.4, 0.5) is 0 Å². The van der Waals surface area contributed by atoms with Crippen LogP contribution in [0, 0.1) is 35.5 Å². The van der Waals surface area contributed by atoms with Crippen LogP contribution in [0.25, 0.3) is 10.4 Å². The lowest BCUT2D eigenvalue weighted by Crippen LogP contribution is -2.63. The number of amides is 11. The topological polar surface area (TPSA) is 328 Å². The first kappa shape index (κ1) is 79.2. The van der Waals surface area contributed by atoms with Gasteiger partial charge >= 0.3 is 0 Å². The molecule has 88 heavy (non-hydrogen) atoms. The van der Waals surface area contributed by atoms with Crippen LogP contribution in [0.5, 0.6) is 0 Å². The standard InChI is InChI=1S/C62H110N14O12/c1-24-43-58(84)70(17)33-48(77)71(18)44(29-34(2)3)55(81)68-49(38(10)11)61(87)72(19)45(30-35(4)5)54(80)65-41(15)53(79)66-42(16)57(83)73(20)46(31-36(6)7)59(85)74(21)47(32-37(8)9)60(86)75(22)50(39(12)13)62(88)76(23)51(56(82)67-43)52(78)40(14)27-25-26-28-64-69-63/h27,34-39,41-47,49-52,78H,24-26,28-33H2,1-23H3,(H,65,80)(H,66,79)(H,67,82)(H,68,81)/b40-27-/t41-,42+,43-,44-,45-,46-,47-,49-,50-,51-,52+/m0/s1. The normalized spacial score (nSPS) is 26.0. The minimum atomic E-state index is -1.73.